The topological polar surface area (TPSA) is 53.9 Å². The first-order valence-corrected chi connectivity index (χ1v) is 9.61. The Balaban J connectivity index is 1.50. The fraction of sp³-hybridized carbons (Fsp3) is 0.364. The second-order valence-corrected chi connectivity index (χ2v) is 7.53. The largest absolute Gasteiger partial charge is 0.367 e. The van der Waals surface area contributed by atoms with Gasteiger partial charge in [-0.3, -0.25) is 9.48 Å². The van der Waals surface area contributed by atoms with Gasteiger partial charge in [0.2, 0.25) is 0 Å². The number of pyridine rings is 1. The first-order valence-electron chi connectivity index (χ1n) is 9.61. The third-order valence-electron chi connectivity index (χ3n) is 5.82. The highest BCUT2D eigenvalue weighted by Gasteiger charge is 2.26. The monoisotopic (exact) mass is 362 g/mol. The third-order valence-corrected chi connectivity index (χ3v) is 5.82. The average molecular weight is 362 g/mol. The van der Waals surface area contributed by atoms with Gasteiger partial charge < -0.3 is 9.88 Å². The Hall–Kier alpha value is -2.82. The second-order valence-electron chi connectivity index (χ2n) is 7.53. The second kappa shape index (κ2) is 7.43. The minimum absolute atomic E-state index is 0.0321. The summed E-state index contributed by atoms with van der Waals surface area (Å²) >= 11 is 0. The van der Waals surface area contributed by atoms with Crippen molar-refractivity contribution in [2.24, 2.45) is 7.05 Å². The molecule has 0 spiro atoms. The van der Waals surface area contributed by atoms with E-state index in [-0.39, 0.29) is 5.56 Å². The number of H-pyrrole nitrogens is 1. The highest BCUT2D eigenvalue weighted by molar-refractivity contribution is 5.66. The van der Waals surface area contributed by atoms with Crippen molar-refractivity contribution >= 4 is 5.69 Å². The van der Waals surface area contributed by atoms with E-state index in [9.17, 15) is 4.79 Å². The Labute approximate surface area is 159 Å². The quantitative estimate of drug-likeness (QED) is 0.765. The molecule has 0 unspecified atom stereocenters. The summed E-state index contributed by atoms with van der Waals surface area (Å²) < 4.78 is 1.77. The fourth-order valence-corrected chi connectivity index (χ4v) is 4.19. The molecule has 0 aliphatic heterocycles. The van der Waals surface area contributed by atoms with Gasteiger partial charge in [-0.15, -0.1) is 0 Å². The number of aromatic amines is 1. The molecule has 0 bridgehead atoms. The summed E-state index contributed by atoms with van der Waals surface area (Å²) in [5.74, 6) is 0.635. The normalized spacial score (nSPS) is 19.8. The van der Waals surface area contributed by atoms with Crippen molar-refractivity contribution in [1.29, 1.82) is 0 Å². The predicted octanol–water partition coefficient (Wildman–Crippen LogP) is 3.94. The zero-order chi connectivity index (χ0) is 18.8. The van der Waals surface area contributed by atoms with E-state index in [0.29, 0.717) is 12.0 Å². The lowest BCUT2D eigenvalue weighted by Gasteiger charge is -2.35. The lowest BCUT2D eigenvalue weighted by atomic mass is 9.81. The van der Waals surface area contributed by atoms with E-state index in [1.54, 1.807) is 10.9 Å². The molecule has 5 heteroatoms. The molecule has 5 nitrogen and oxygen atoms in total. The van der Waals surface area contributed by atoms with Gasteiger partial charge in [0.15, 0.2) is 0 Å². The van der Waals surface area contributed by atoms with Crippen LogP contribution in [-0.2, 0) is 7.05 Å². The summed E-state index contributed by atoms with van der Waals surface area (Å²) in [5, 5.41) is 4.23. The van der Waals surface area contributed by atoms with Crippen LogP contribution in [0.25, 0.3) is 11.1 Å². The Bertz CT molecular complexity index is 952. The third kappa shape index (κ3) is 3.68. The number of anilines is 1. The van der Waals surface area contributed by atoms with E-state index in [0.717, 1.165) is 29.7 Å². The molecule has 0 radical (unpaired) electrons. The van der Waals surface area contributed by atoms with Gasteiger partial charge in [-0.2, -0.15) is 5.10 Å². The lowest BCUT2D eigenvalue weighted by Crippen LogP contribution is -2.37. The van der Waals surface area contributed by atoms with Crippen molar-refractivity contribution in [3.05, 3.63) is 70.9 Å². The molecule has 1 N–H and O–H groups in total. The number of aryl methyl sites for hydroxylation is 1. The molecule has 1 aliphatic rings. The molecule has 2 aromatic heterocycles. The van der Waals surface area contributed by atoms with Crippen molar-refractivity contribution in [2.75, 3.05) is 11.9 Å². The summed E-state index contributed by atoms with van der Waals surface area (Å²) in [4.78, 5) is 17.5. The fourth-order valence-electron chi connectivity index (χ4n) is 4.19. The molecule has 27 heavy (non-hydrogen) atoms. The van der Waals surface area contributed by atoms with Crippen molar-refractivity contribution in [1.82, 2.24) is 14.8 Å². The van der Waals surface area contributed by atoms with Crippen molar-refractivity contribution < 1.29 is 0 Å². The van der Waals surface area contributed by atoms with Gasteiger partial charge in [-0.05, 0) is 43.2 Å². The molecule has 140 valence electrons. The average Bonchev–Trinajstić information content (AvgIpc) is 3.15. The van der Waals surface area contributed by atoms with Gasteiger partial charge >= 0.3 is 0 Å². The van der Waals surface area contributed by atoms with Gasteiger partial charge in [0, 0.05) is 43.7 Å². The minimum atomic E-state index is -0.0321. The number of nitrogens with zero attached hydrogens (tertiary/aromatic N) is 3. The summed E-state index contributed by atoms with van der Waals surface area (Å²) in [5.41, 5.74) is 4.14. The highest BCUT2D eigenvalue weighted by atomic mass is 16.1. The Kier molecular flexibility index (Phi) is 4.84. The zero-order valence-corrected chi connectivity index (χ0v) is 15.9. The van der Waals surface area contributed by atoms with Crippen molar-refractivity contribution in [3.8, 4) is 11.1 Å². The maximum atomic E-state index is 12.5. The van der Waals surface area contributed by atoms with Crippen molar-refractivity contribution in [2.45, 2.75) is 37.6 Å². The number of benzene rings is 1. The highest BCUT2D eigenvalue weighted by Crippen LogP contribution is 2.35. The first-order chi connectivity index (χ1) is 13.1. The van der Waals surface area contributed by atoms with Crippen LogP contribution in [0.1, 0.15) is 37.2 Å². The van der Waals surface area contributed by atoms with Crippen LogP contribution < -0.4 is 10.5 Å². The molecule has 1 aromatic carbocycles. The standard InChI is InChI=1S/C22H26N4O/c1-25-15-19(14-24-25)18-12-21(22(27)23-13-18)26(2)20-10-8-17(9-11-20)16-6-4-3-5-7-16/h3-7,12-15,17,20H,8-11H2,1-2H3,(H,23,27). The Morgan fingerprint density at radius 1 is 1.11 bits per heavy atom. The number of nitrogens with one attached hydrogen (secondary N) is 1. The Morgan fingerprint density at radius 2 is 1.85 bits per heavy atom. The molecule has 4 rings (SSSR count). The smallest absolute Gasteiger partial charge is 0.271 e. The number of rotatable bonds is 4. The number of aromatic nitrogens is 3. The maximum absolute atomic E-state index is 12.5. The van der Waals surface area contributed by atoms with E-state index in [2.05, 4.69) is 45.3 Å². The zero-order valence-electron chi connectivity index (χ0n) is 15.9. The molecule has 0 saturated heterocycles. The molecule has 1 saturated carbocycles. The van der Waals surface area contributed by atoms with E-state index in [1.807, 2.05) is 32.6 Å². The van der Waals surface area contributed by atoms with E-state index in [4.69, 9.17) is 0 Å². The summed E-state index contributed by atoms with van der Waals surface area (Å²) in [6.45, 7) is 0. The molecular weight excluding hydrogens is 336 g/mol. The van der Waals surface area contributed by atoms with Gasteiger partial charge in [0.1, 0.15) is 5.69 Å². The van der Waals surface area contributed by atoms with Gasteiger partial charge in [-0.1, -0.05) is 30.3 Å². The SMILES string of the molecule is CN(c1cc(-c2cnn(C)c2)c[nH]c1=O)C1CCC(c2ccccc2)CC1. The molecule has 1 fully saturated rings. The molecule has 0 amide bonds. The summed E-state index contributed by atoms with van der Waals surface area (Å²) in [7, 11) is 3.94. The van der Waals surface area contributed by atoms with Crippen LogP contribution in [0.2, 0.25) is 0 Å². The first kappa shape index (κ1) is 17.6. The van der Waals surface area contributed by atoms with Gasteiger partial charge in [-0.25, -0.2) is 0 Å². The minimum Gasteiger partial charge on any atom is -0.367 e. The number of hydrogen-bond acceptors (Lipinski definition) is 3. The Morgan fingerprint density at radius 3 is 2.52 bits per heavy atom. The van der Waals surface area contributed by atoms with Crippen LogP contribution >= 0.6 is 0 Å². The number of hydrogen-bond donors (Lipinski definition) is 1. The van der Waals surface area contributed by atoms with Crippen molar-refractivity contribution in [3.63, 3.8) is 0 Å². The van der Waals surface area contributed by atoms with E-state index < -0.39 is 0 Å². The van der Waals surface area contributed by atoms with E-state index in [1.165, 1.54) is 18.4 Å². The molecule has 0 atom stereocenters. The van der Waals surface area contributed by atoms with Crippen LogP contribution in [0.5, 0.6) is 0 Å². The van der Waals surface area contributed by atoms with Crippen LogP contribution in [0.4, 0.5) is 5.69 Å². The molecular formula is C22H26N4O. The molecule has 2 heterocycles. The van der Waals surface area contributed by atoms with Gasteiger partial charge in [0.05, 0.1) is 6.20 Å². The lowest BCUT2D eigenvalue weighted by molar-refractivity contribution is 0.385. The van der Waals surface area contributed by atoms with Crippen LogP contribution in [0.15, 0.2) is 59.8 Å². The predicted molar refractivity (Wildman–Crippen MR) is 109 cm³/mol. The maximum Gasteiger partial charge on any atom is 0.271 e. The van der Waals surface area contributed by atoms with Crippen LogP contribution in [0, 0.1) is 0 Å². The van der Waals surface area contributed by atoms with Crippen LogP contribution in [-0.4, -0.2) is 27.9 Å². The molecule has 3 aromatic rings. The summed E-state index contributed by atoms with van der Waals surface area (Å²) in [6, 6.07) is 13.2. The van der Waals surface area contributed by atoms with E-state index >= 15 is 0 Å². The summed E-state index contributed by atoms with van der Waals surface area (Å²) in [6.07, 6.45) is 10.1. The molecule has 1 aliphatic carbocycles. The van der Waals surface area contributed by atoms with Crippen LogP contribution in [0.3, 0.4) is 0 Å². The van der Waals surface area contributed by atoms with Gasteiger partial charge in [0.25, 0.3) is 5.56 Å².